The number of urea groups is 1. The van der Waals surface area contributed by atoms with Crippen molar-refractivity contribution in [3.63, 3.8) is 0 Å². The molecule has 0 spiro atoms. The normalized spacial score (nSPS) is 16.5. The van der Waals surface area contributed by atoms with Gasteiger partial charge in [-0.2, -0.15) is 5.10 Å². The lowest BCUT2D eigenvalue weighted by molar-refractivity contribution is 0.207. The zero-order valence-electron chi connectivity index (χ0n) is 14.9. The van der Waals surface area contributed by atoms with Crippen molar-refractivity contribution in [2.75, 3.05) is 11.9 Å². The van der Waals surface area contributed by atoms with Crippen molar-refractivity contribution < 1.29 is 9.18 Å². The lowest BCUT2D eigenvalue weighted by atomic mass is 10.0. The highest BCUT2D eigenvalue weighted by molar-refractivity contribution is 5.89. The Balaban J connectivity index is 1.46. The number of benzene rings is 2. The SMILES string of the molecule is O=C(Nc1cccc(Cn2cccn2)c1)N1CCCC1c1ccc(F)cc1. The first-order valence-electron chi connectivity index (χ1n) is 9.08. The van der Waals surface area contributed by atoms with E-state index in [4.69, 9.17) is 0 Å². The van der Waals surface area contributed by atoms with Crippen LogP contribution in [0.1, 0.15) is 30.0 Å². The third-order valence-corrected chi connectivity index (χ3v) is 4.85. The van der Waals surface area contributed by atoms with Crippen LogP contribution in [-0.2, 0) is 6.54 Å². The van der Waals surface area contributed by atoms with Crippen molar-refractivity contribution in [2.24, 2.45) is 0 Å². The van der Waals surface area contributed by atoms with Crippen molar-refractivity contribution in [3.05, 3.63) is 83.9 Å². The summed E-state index contributed by atoms with van der Waals surface area (Å²) >= 11 is 0. The van der Waals surface area contributed by atoms with E-state index in [0.717, 1.165) is 29.7 Å². The number of nitrogens with zero attached hydrogens (tertiary/aromatic N) is 3. The van der Waals surface area contributed by atoms with Crippen molar-refractivity contribution >= 4 is 11.7 Å². The van der Waals surface area contributed by atoms with Gasteiger partial charge in [0.25, 0.3) is 0 Å². The minimum atomic E-state index is -0.262. The van der Waals surface area contributed by atoms with Crippen LogP contribution in [0.4, 0.5) is 14.9 Å². The molecule has 1 aliphatic rings. The number of nitrogens with one attached hydrogen (secondary N) is 1. The Labute approximate surface area is 157 Å². The van der Waals surface area contributed by atoms with Gasteiger partial charge in [0.2, 0.25) is 0 Å². The first-order valence-corrected chi connectivity index (χ1v) is 9.08. The Hall–Kier alpha value is -3.15. The molecule has 0 bridgehead atoms. The highest BCUT2D eigenvalue weighted by atomic mass is 19.1. The number of amides is 2. The Morgan fingerprint density at radius 2 is 2.04 bits per heavy atom. The molecule has 4 rings (SSSR count). The van der Waals surface area contributed by atoms with E-state index in [-0.39, 0.29) is 17.9 Å². The molecule has 1 atom stereocenters. The highest BCUT2D eigenvalue weighted by Crippen LogP contribution is 2.32. The predicted octanol–water partition coefficient (Wildman–Crippen LogP) is 4.44. The summed E-state index contributed by atoms with van der Waals surface area (Å²) in [5.41, 5.74) is 2.79. The molecule has 1 aliphatic heterocycles. The van der Waals surface area contributed by atoms with Gasteiger partial charge in [-0.05, 0) is 54.3 Å². The number of halogens is 1. The summed E-state index contributed by atoms with van der Waals surface area (Å²) in [5.74, 6) is -0.262. The molecule has 2 heterocycles. The Kier molecular flexibility index (Phi) is 4.87. The number of hydrogen-bond acceptors (Lipinski definition) is 2. The summed E-state index contributed by atoms with van der Waals surface area (Å²) in [6.45, 7) is 1.35. The van der Waals surface area contributed by atoms with Crippen molar-refractivity contribution in [3.8, 4) is 0 Å². The van der Waals surface area contributed by atoms with E-state index >= 15 is 0 Å². The van der Waals surface area contributed by atoms with E-state index in [1.165, 1.54) is 12.1 Å². The number of aromatic nitrogens is 2. The molecule has 0 aliphatic carbocycles. The maximum absolute atomic E-state index is 13.2. The predicted molar refractivity (Wildman–Crippen MR) is 102 cm³/mol. The van der Waals surface area contributed by atoms with Gasteiger partial charge in [-0.15, -0.1) is 0 Å². The summed E-state index contributed by atoms with van der Waals surface area (Å²) < 4.78 is 15.0. The molecule has 1 N–H and O–H groups in total. The van der Waals surface area contributed by atoms with Crippen molar-refractivity contribution in [2.45, 2.75) is 25.4 Å². The molecule has 0 radical (unpaired) electrons. The molecular formula is C21H21FN4O. The zero-order valence-corrected chi connectivity index (χ0v) is 14.9. The van der Waals surface area contributed by atoms with Crippen LogP contribution >= 0.6 is 0 Å². The summed E-state index contributed by atoms with van der Waals surface area (Å²) in [7, 11) is 0. The van der Waals surface area contributed by atoms with E-state index in [0.29, 0.717) is 13.1 Å². The smallest absolute Gasteiger partial charge is 0.317 e. The Morgan fingerprint density at radius 1 is 1.19 bits per heavy atom. The topological polar surface area (TPSA) is 50.2 Å². The highest BCUT2D eigenvalue weighted by Gasteiger charge is 2.30. The molecule has 138 valence electrons. The largest absolute Gasteiger partial charge is 0.322 e. The number of likely N-dealkylation sites (tertiary alicyclic amines) is 1. The van der Waals surface area contributed by atoms with Gasteiger partial charge in [-0.3, -0.25) is 4.68 Å². The van der Waals surface area contributed by atoms with Crippen LogP contribution in [0.25, 0.3) is 0 Å². The molecule has 2 amide bonds. The van der Waals surface area contributed by atoms with Gasteiger partial charge in [0.05, 0.1) is 12.6 Å². The van der Waals surface area contributed by atoms with Crippen LogP contribution in [0.5, 0.6) is 0 Å². The van der Waals surface area contributed by atoms with Gasteiger partial charge in [0, 0.05) is 24.6 Å². The molecule has 6 heteroatoms. The standard InChI is InChI=1S/C21H21FN4O/c22-18-9-7-17(8-10-18)20-6-2-13-26(20)21(27)24-19-5-1-4-16(14-19)15-25-12-3-11-23-25/h1,3-5,7-12,14,20H,2,6,13,15H2,(H,24,27). The quantitative estimate of drug-likeness (QED) is 0.744. The van der Waals surface area contributed by atoms with E-state index < -0.39 is 0 Å². The summed E-state index contributed by atoms with van der Waals surface area (Å²) in [6.07, 6.45) is 5.48. The average molecular weight is 364 g/mol. The fraction of sp³-hybridized carbons (Fsp3) is 0.238. The first-order chi connectivity index (χ1) is 13.2. The second kappa shape index (κ2) is 7.61. The van der Waals surface area contributed by atoms with Gasteiger partial charge in [0.1, 0.15) is 5.82 Å². The summed E-state index contributed by atoms with van der Waals surface area (Å²) in [4.78, 5) is 14.6. The summed E-state index contributed by atoms with van der Waals surface area (Å²) in [5, 5.41) is 7.21. The van der Waals surface area contributed by atoms with E-state index in [1.807, 2.05) is 46.1 Å². The van der Waals surface area contributed by atoms with Gasteiger partial charge in [-0.25, -0.2) is 9.18 Å². The molecule has 1 aromatic heterocycles. The number of carbonyl (C=O) groups is 1. The van der Waals surface area contributed by atoms with Gasteiger partial charge >= 0.3 is 6.03 Å². The molecule has 1 saturated heterocycles. The lowest BCUT2D eigenvalue weighted by Crippen LogP contribution is -2.34. The Morgan fingerprint density at radius 3 is 2.81 bits per heavy atom. The molecular weight excluding hydrogens is 343 g/mol. The van der Waals surface area contributed by atoms with Crippen LogP contribution in [0.15, 0.2) is 67.0 Å². The molecule has 0 saturated carbocycles. The summed E-state index contributed by atoms with van der Waals surface area (Å²) in [6, 6.07) is 15.9. The van der Waals surface area contributed by atoms with E-state index in [2.05, 4.69) is 10.4 Å². The van der Waals surface area contributed by atoms with Gasteiger partial charge in [0.15, 0.2) is 0 Å². The van der Waals surface area contributed by atoms with Crippen molar-refractivity contribution in [1.82, 2.24) is 14.7 Å². The van der Waals surface area contributed by atoms with Crippen LogP contribution < -0.4 is 5.32 Å². The average Bonchev–Trinajstić information content (AvgIpc) is 3.34. The van der Waals surface area contributed by atoms with Crippen molar-refractivity contribution in [1.29, 1.82) is 0 Å². The minimum Gasteiger partial charge on any atom is -0.317 e. The second-order valence-corrected chi connectivity index (χ2v) is 6.74. The van der Waals surface area contributed by atoms with Crippen LogP contribution in [0.3, 0.4) is 0 Å². The maximum atomic E-state index is 13.2. The maximum Gasteiger partial charge on any atom is 0.322 e. The van der Waals surface area contributed by atoms with Crippen LogP contribution in [0.2, 0.25) is 0 Å². The number of rotatable bonds is 4. The number of carbonyl (C=O) groups excluding carboxylic acids is 1. The van der Waals surface area contributed by atoms with Crippen LogP contribution in [0, 0.1) is 5.82 Å². The van der Waals surface area contributed by atoms with E-state index in [1.54, 1.807) is 18.3 Å². The lowest BCUT2D eigenvalue weighted by Gasteiger charge is -2.25. The monoisotopic (exact) mass is 364 g/mol. The fourth-order valence-corrected chi connectivity index (χ4v) is 3.57. The fourth-order valence-electron chi connectivity index (χ4n) is 3.57. The molecule has 5 nitrogen and oxygen atoms in total. The third kappa shape index (κ3) is 4.00. The Bertz CT molecular complexity index is 908. The molecule has 1 fully saturated rings. The zero-order chi connectivity index (χ0) is 18.6. The first kappa shape index (κ1) is 17.3. The number of anilines is 1. The molecule has 3 aromatic rings. The molecule has 1 unspecified atom stereocenters. The molecule has 2 aromatic carbocycles. The second-order valence-electron chi connectivity index (χ2n) is 6.74. The third-order valence-electron chi connectivity index (χ3n) is 4.85. The minimum absolute atomic E-state index is 0.0159. The molecule has 27 heavy (non-hydrogen) atoms. The van der Waals surface area contributed by atoms with Gasteiger partial charge < -0.3 is 10.2 Å². The van der Waals surface area contributed by atoms with Gasteiger partial charge in [-0.1, -0.05) is 24.3 Å². The number of hydrogen-bond donors (Lipinski definition) is 1. The van der Waals surface area contributed by atoms with Crippen LogP contribution in [-0.4, -0.2) is 27.3 Å². The van der Waals surface area contributed by atoms with E-state index in [9.17, 15) is 9.18 Å².